The molecule has 1 aromatic rings. The Hall–Kier alpha value is -1.77. The Balaban J connectivity index is 2.00. The molecule has 1 N–H and O–H groups in total. The van der Waals surface area contributed by atoms with E-state index in [9.17, 15) is 4.79 Å². The molecule has 1 aliphatic rings. The van der Waals surface area contributed by atoms with Crippen LogP contribution in [0.4, 0.5) is 10.5 Å². The van der Waals surface area contributed by atoms with Crippen molar-refractivity contribution in [3.8, 4) is 6.07 Å². The van der Waals surface area contributed by atoms with E-state index in [1.54, 1.807) is 17.0 Å². The predicted octanol–water partition coefficient (Wildman–Crippen LogP) is 2.40. The van der Waals surface area contributed by atoms with Crippen LogP contribution in [0.3, 0.4) is 0 Å². The third-order valence-electron chi connectivity index (χ3n) is 2.92. The van der Waals surface area contributed by atoms with Crippen LogP contribution < -0.4 is 5.32 Å². The van der Waals surface area contributed by atoms with Crippen molar-refractivity contribution < 1.29 is 9.53 Å². The minimum Gasteiger partial charge on any atom is -0.360 e. The average Bonchev–Trinajstić information content (AvgIpc) is 2.43. The fraction of sp³-hybridized carbons (Fsp3) is 0.385. The molecule has 1 heterocycles. The molecule has 19 heavy (non-hydrogen) atoms. The van der Waals surface area contributed by atoms with Crippen LogP contribution in [0.25, 0.3) is 0 Å². The number of nitriles is 1. The van der Waals surface area contributed by atoms with Crippen LogP contribution in [-0.4, -0.2) is 36.7 Å². The van der Waals surface area contributed by atoms with Gasteiger partial charge in [-0.3, -0.25) is 0 Å². The van der Waals surface area contributed by atoms with Gasteiger partial charge in [-0.05, 0) is 24.6 Å². The van der Waals surface area contributed by atoms with Gasteiger partial charge in [0, 0.05) is 17.3 Å². The van der Waals surface area contributed by atoms with Gasteiger partial charge in [0.05, 0.1) is 19.2 Å². The van der Waals surface area contributed by atoms with E-state index in [1.807, 2.05) is 19.1 Å². The fourth-order valence-electron chi connectivity index (χ4n) is 1.79. The first-order chi connectivity index (χ1) is 9.10. The number of ether oxygens (including phenoxy) is 1. The number of nitrogens with zero attached hydrogens (tertiary/aromatic N) is 2. The van der Waals surface area contributed by atoms with Crippen LogP contribution in [0.15, 0.2) is 18.2 Å². The second-order valence-corrected chi connectivity index (χ2v) is 4.74. The predicted molar refractivity (Wildman–Crippen MR) is 72.1 cm³/mol. The molecular weight excluding hydrogens is 266 g/mol. The number of nitrogens with one attached hydrogen (secondary N) is 1. The molecule has 1 unspecified atom stereocenters. The third-order valence-corrected chi connectivity index (χ3v) is 3.33. The van der Waals surface area contributed by atoms with Gasteiger partial charge in [0.1, 0.15) is 0 Å². The Morgan fingerprint density at radius 3 is 3.11 bits per heavy atom. The zero-order valence-electron chi connectivity index (χ0n) is 10.5. The lowest BCUT2D eigenvalue weighted by Crippen LogP contribution is -2.46. The van der Waals surface area contributed by atoms with Crippen molar-refractivity contribution >= 4 is 23.3 Å². The summed E-state index contributed by atoms with van der Waals surface area (Å²) in [6.45, 7) is 3.03. The monoisotopic (exact) mass is 279 g/mol. The standard InChI is InChI=1S/C13H14ClN3O2/c1-9-2-3-10(6-12(9)14)16-13(18)17-4-5-19-11(7-15)8-17/h2-3,6,11H,4-5,8H2,1H3,(H,16,18). The summed E-state index contributed by atoms with van der Waals surface area (Å²) < 4.78 is 5.19. The highest BCUT2D eigenvalue weighted by Gasteiger charge is 2.23. The molecule has 5 nitrogen and oxygen atoms in total. The Morgan fingerprint density at radius 2 is 2.42 bits per heavy atom. The molecule has 2 rings (SSSR count). The van der Waals surface area contributed by atoms with Crippen molar-refractivity contribution in [3.63, 3.8) is 0 Å². The molecule has 1 aliphatic heterocycles. The van der Waals surface area contributed by atoms with Crippen LogP contribution in [-0.2, 0) is 4.74 Å². The molecule has 0 aliphatic carbocycles. The molecule has 1 fully saturated rings. The number of morpholine rings is 1. The van der Waals surface area contributed by atoms with E-state index < -0.39 is 6.10 Å². The molecule has 1 atom stereocenters. The van der Waals surface area contributed by atoms with Gasteiger partial charge in [-0.1, -0.05) is 17.7 Å². The maximum atomic E-state index is 12.0. The summed E-state index contributed by atoms with van der Waals surface area (Å²) >= 11 is 6.00. The Labute approximate surface area is 116 Å². The molecular formula is C13H14ClN3O2. The number of carbonyl (C=O) groups excluding carboxylic acids is 1. The maximum absolute atomic E-state index is 12.0. The van der Waals surface area contributed by atoms with Gasteiger partial charge in [-0.2, -0.15) is 5.26 Å². The molecule has 6 heteroatoms. The highest BCUT2D eigenvalue weighted by atomic mass is 35.5. The summed E-state index contributed by atoms with van der Waals surface area (Å²) in [4.78, 5) is 13.6. The summed E-state index contributed by atoms with van der Waals surface area (Å²) in [6, 6.07) is 7.10. The second kappa shape index (κ2) is 5.91. The Kier molecular flexibility index (Phi) is 4.25. The van der Waals surface area contributed by atoms with E-state index in [4.69, 9.17) is 21.6 Å². The number of urea groups is 1. The molecule has 100 valence electrons. The van der Waals surface area contributed by atoms with E-state index in [1.165, 1.54) is 0 Å². The SMILES string of the molecule is Cc1ccc(NC(=O)N2CCOC(C#N)C2)cc1Cl. The van der Waals surface area contributed by atoms with E-state index in [-0.39, 0.29) is 12.6 Å². The zero-order chi connectivity index (χ0) is 13.8. The van der Waals surface area contributed by atoms with Gasteiger partial charge in [0.15, 0.2) is 6.10 Å². The minimum atomic E-state index is -0.555. The highest BCUT2D eigenvalue weighted by molar-refractivity contribution is 6.31. The molecule has 1 aromatic carbocycles. The first-order valence-electron chi connectivity index (χ1n) is 5.93. The number of anilines is 1. The van der Waals surface area contributed by atoms with Gasteiger partial charge in [-0.15, -0.1) is 0 Å². The number of halogens is 1. The lowest BCUT2D eigenvalue weighted by Gasteiger charge is -2.29. The summed E-state index contributed by atoms with van der Waals surface area (Å²) in [6.07, 6.45) is -0.555. The van der Waals surface area contributed by atoms with Crippen LogP contribution in [0.2, 0.25) is 5.02 Å². The zero-order valence-corrected chi connectivity index (χ0v) is 11.3. The van der Waals surface area contributed by atoms with Crippen LogP contribution >= 0.6 is 11.6 Å². The van der Waals surface area contributed by atoms with Crippen LogP contribution in [0.1, 0.15) is 5.56 Å². The fourth-order valence-corrected chi connectivity index (χ4v) is 1.97. The lowest BCUT2D eigenvalue weighted by molar-refractivity contribution is 0.0181. The smallest absolute Gasteiger partial charge is 0.322 e. The summed E-state index contributed by atoms with van der Waals surface area (Å²) in [5.74, 6) is 0. The largest absolute Gasteiger partial charge is 0.360 e. The number of hydrogen-bond acceptors (Lipinski definition) is 3. The lowest BCUT2D eigenvalue weighted by atomic mass is 10.2. The van der Waals surface area contributed by atoms with E-state index >= 15 is 0 Å². The van der Waals surface area contributed by atoms with E-state index in [0.29, 0.717) is 23.9 Å². The Bertz CT molecular complexity index is 527. The summed E-state index contributed by atoms with van der Waals surface area (Å²) in [5, 5.41) is 12.2. The number of carbonyl (C=O) groups is 1. The normalized spacial score (nSPS) is 18.8. The Morgan fingerprint density at radius 1 is 1.63 bits per heavy atom. The van der Waals surface area contributed by atoms with Crippen molar-refractivity contribution in [2.45, 2.75) is 13.0 Å². The van der Waals surface area contributed by atoms with Crippen molar-refractivity contribution in [1.82, 2.24) is 4.90 Å². The van der Waals surface area contributed by atoms with Crippen LogP contribution in [0.5, 0.6) is 0 Å². The first-order valence-corrected chi connectivity index (χ1v) is 6.31. The van der Waals surface area contributed by atoms with Gasteiger partial charge in [-0.25, -0.2) is 4.79 Å². The van der Waals surface area contributed by atoms with Crippen molar-refractivity contribution in [2.24, 2.45) is 0 Å². The molecule has 2 amide bonds. The molecule has 0 aromatic heterocycles. The van der Waals surface area contributed by atoms with Crippen molar-refractivity contribution in [3.05, 3.63) is 28.8 Å². The summed E-state index contributed by atoms with van der Waals surface area (Å²) in [5.41, 5.74) is 1.59. The second-order valence-electron chi connectivity index (χ2n) is 4.33. The average molecular weight is 280 g/mol. The van der Waals surface area contributed by atoms with Gasteiger partial charge < -0.3 is 15.0 Å². The van der Waals surface area contributed by atoms with Crippen LogP contribution in [0, 0.1) is 18.3 Å². The van der Waals surface area contributed by atoms with E-state index in [2.05, 4.69) is 5.32 Å². The molecule has 1 saturated heterocycles. The van der Waals surface area contributed by atoms with Crippen molar-refractivity contribution in [2.75, 3.05) is 25.0 Å². The number of benzene rings is 1. The molecule has 0 bridgehead atoms. The number of amides is 2. The first kappa shape index (κ1) is 13.7. The maximum Gasteiger partial charge on any atom is 0.322 e. The van der Waals surface area contributed by atoms with E-state index in [0.717, 1.165) is 5.56 Å². The topological polar surface area (TPSA) is 65.4 Å². The highest BCUT2D eigenvalue weighted by Crippen LogP contribution is 2.20. The third kappa shape index (κ3) is 3.37. The van der Waals surface area contributed by atoms with Gasteiger partial charge in [0.25, 0.3) is 0 Å². The molecule has 0 radical (unpaired) electrons. The quantitative estimate of drug-likeness (QED) is 0.858. The number of aryl methyl sites for hydroxylation is 1. The molecule has 0 saturated carbocycles. The van der Waals surface area contributed by atoms with Gasteiger partial charge >= 0.3 is 6.03 Å². The number of hydrogen-bond donors (Lipinski definition) is 1. The van der Waals surface area contributed by atoms with Crippen molar-refractivity contribution in [1.29, 1.82) is 5.26 Å². The summed E-state index contributed by atoms with van der Waals surface area (Å²) in [7, 11) is 0. The minimum absolute atomic E-state index is 0.247. The van der Waals surface area contributed by atoms with Gasteiger partial charge in [0.2, 0.25) is 0 Å². The molecule has 0 spiro atoms. The number of rotatable bonds is 1.